The van der Waals surface area contributed by atoms with E-state index >= 15 is 0 Å². The molecule has 1 atom stereocenters. The number of aliphatic hydroxyl groups is 1. The predicted octanol–water partition coefficient (Wildman–Crippen LogP) is 3.31. The first kappa shape index (κ1) is 18.7. The van der Waals surface area contributed by atoms with E-state index in [1.807, 2.05) is 31.2 Å². The fourth-order valence-electron chi connectivity index (χ4n) is 1.96. The van der Waals surface area contributed by atoms with Gasteiger partial charge < -0.3 is 20.2 Å². The maximum Gasteiger partial charge on any atom is 0.191 e. The minimum atomic E-state index is -0.737. The maximum absolute atomic E-state index is 10.00. The van der Waals surface area contributed by atoms with Crippen LogP contribution < -0.4 is 10.6 Å². The normalized spacial score (nSPS) is 12.9. The van der Waals surface area contributed by atoms with Crippen LogP contribution in [0.1, 0.15) is 18.8 Å². The predicted molar refractivity (Wildman–Crippen MR) is 99.8 cm³/mol. The van der Waals surface area contributed by atoms with E-state index in [2.05, 4.69) is 15.6 Å². The summed E-state index contributed by atoms with van der Waals surface area (Å²) in [6.45, 7) is 3.76. The molecule has 1 heterocycles. The van der Waals surface area contributed by atoms with E-state index in [4.69, 9.17) is 16.0 Å². The standard InChI is InChI=1S/C17H22ClN3O2S/c1-2-19-17(21-12-15(22)16-4-3-10-23-16)20-9-11-24-14-7-5-13(18)6-8-14/h3-8,10,15,22H,2,9,11-12H2,1H3,(H2,19,20,21). The van der Waals surface area contributed by atoms with Gasteiger partial charge in [0.2, 0.25) is 0 Å². The summed E-state index contributed by atoms with van der Waals surface area (Å²) in [5, 5.41) is 17.2. The van der Waals surface area contributed by atoms with E-state index in [9.17, 15) is 5.11 Å². The fraction of sp³-hybridized carbons (Fsp3) is 0.353. The molecule has 0 saturated carbocycles. The third-order valence-electron chi connectivity index (χ3n) is 3.12. The lowest BCUT2D eigenvalue weighted by Crippen LogP contribution is -2.38. The summed E-state index contributed by atoms with van der Waals surface area (Å²) in [5.74, 6) is 2.10. The van der Waals surface area contributed by atoms with Crippen molar-refractivity contribution < 1.29 is 9.52 Å². The molecule has 1 aromatic heterocycles. The number of benzene rings is 1. The van der Waals surface area contributed by atoms with Crippen LogP contribution in [0.2, 0.25) is 5.02 Å². The number of hydrogen-bond acceptors (Lipinski definition) is 4. The highest BCUT2D eigenvalue weighted by atomic mass is 35.5. The summed E-state index contributed by atoms with van der Waals surface area (Å²) in [7, 11) is 0. The molecule has 1 unspecified atom stereocenters. The molecule has 2 aromatic rings. The summed E-state index contributed by atoms with van der Waals surface area (Å²) >= 11 is 7.62. The number of hydrogen-bond donors (Lipinski definition) is 3. The van der Waals surface area contributed by atoms with Crippen LogP contribution in [0.25, 0.3) is 0 Å². The molecule has 0 radical (unpaired) electrons. The zero-order valence-electron chi connectivity index (χ0n) is 13.5. The zero-order chi connectivity index (χ0) is 17.2. The third kappa shape index (κ3) is 6.47. The minimum Gasteiger partial charge on any atom is -0.467 e. The number of furan rings is 1. The second-order valence-corrected chi connectivity index (χ2v) is 6.58. The fourth-order valence-corrected chi connectivity index (χ4v) is 2.85. The van der Waals surface area contributed by atoms with Crippen LogP contribution >= 0.6 is 23.4 Å². The molecule has 0 saturated heterocycles. The van der Waals surface area contributed by atoms with Crippen LogP contribution in [0.4, 0.5) is 0 Å². The van der Waals surface area contributed by atoms with Gasteiger partial charge in [0.05, 0.1) is 12.8 Å². The Morgan fingerprint density at radius 2 is 2.08 bits per heavy atom. The highest BCUT2D eigenvalue weighted by molar-refractivity contribution is 7.99. The molecule has 0 aliphatic rings. The van der Waals surface area contributed by atoms with Gasteiger partial charge in [0.25, 0.3) is 0 Å². The third-order valence-corrected chi connectivity index (χ3v) is 4.38. The van der Waals surface area contributed by atoms with Crippen LogP contribution in [0.5, 0.6) is 0 Å². The Bertz CT molecular complexity index is 617. The van der Waals surface area contributed by atoms with Gasteiger partial charge >= 0.3 is 0 Å². The molecule has 1 aromatic carbocycles. The summed E-state index contributed by atoms with van der Waals surface area (Å²) in [6.07, 6.45) is 0.804. The summed E-state index contributed by atoms with van der Waals surface area (Å²) in [6, 6.07) is 11.3. The maximum atomic E-state index is 10.00. The van der Waals surface area contributed by atoms with Crippen molar-refractivity contribution in [1.29, 1.82) is 0 Å². The van der Waals surface area contributed by atoms with Gasteiger partial charge in [0.15, 0.2) is 5.96 Å². The number of nitrogens with one attached hydrogen (secondary N) is 2. The molecule has 5 nitrogen and oxygen atoms in total. The monoisotopic (exact) mass is 367 g/mol. The van der Waals surface area contributed by atoms with Crippen molar-refractivity contribution in [3.63, 3.8) is 0 Å². The average molecular weight is 368 g/mol. The molecule has 3 N–H and O–H groups in total. The quantitative estimate of drug-likeness (QED) is 0.289. The Kier molecular flexibility index (Phi) is 8.01. The SMILES string of the molecule is CCNC(=NCC(O)c1ccco1)NCCSc1ccc(Cl)cc1. The summed E-state index contributed by atoms with van der Waals surface area (Å²) in [5.41, 5.74) is 0. The number of rotatable bonds is 8. The van der Waals surface area contributed by atoms with E-state index in [1.54, 1.807) is 30.2 Å². The highest BCUT2D eigenvalue weighted by Crippen LogP contribution is 2.19. The molecule has 130 valence electrons. The number of aliphatic imine (C=N–C) groups is 1. The van der Waals surface area contributed by atoms with Crippen molar-refractivity contribution >= 4 is 29.3 Å². The van der Waals surface area contributed by atoms with Gasteiger partial charge in [0.1, 0.15) is 11.9 Å². The molecule has 0 spiro atoms. The number of halogens is 1. The van der Waals surface area contributed by atoms with Gasteiger partial charge in [-0.05, 0) is 43.3 Å². The molecule has 0 aliphatic heterocycles. The van der Waals surface area contributed by atoms with Crippen LogP contribution in [0.15, 0.2) is 57.0 Å². The Balaban J connectivity index is 1.75. The number of thioether (sulfide) groups is 1. The van der Waals surface area contributed by atoms with Crippen molar-refractivity contribution in [3.05, 3.63) is 53.4 Å². The summed E-state index contributed by atoms with van der Waals surface area (Å²) in [4.78, 5) is 5.56. The minimum absolute atomic E-state index is 0.243. The second-order valence-electron chi connectivity index (χ2n) is 4.98. The molecule has 0 bridgehead atoms. The Morgan fingerprint density at radius 3 is 2.75 bits per heavy atom. The van der Waals surface area contributed by atoms with Crippen LogP contribution in [0.3, 0.4) is 0 Å². The lowest BCUT2D eigenvalue weighted by Gasteiger charge is -2.12. The first-order valence-electron chi connectivity index (χ1n) is 7.81. The van der Waals surface area contributed by atoms with E-state index in [1.165, 1.54) is 4.90 Å². The van der Waals surface area contributed by atoms with Crippen LogP contribution in [-0.2, 0) is 0 Å². The first-order chi connectivity index (χ1) is 11.7. The van der Waals surface area contributed by atoms with E-state index < -0.39 is 6.10 Å². The van der Waals surface area contributed by atoms with Crippen molar-refractivity contribution in [1.82, 2.24) is 10.6 Å². The Hall–Kier alpha value is -1.63. The summed E-state index contributed by atoms with van der Waals surface area (Å²) < 4.78 is 5.17. The lowest BCUT2D eigenvalue weighted by molar-refractivity contribution is 0.158. The molecular weight excluding hydrogens is 346 g/mol. The van der Waals surface area contributed by atoms with E-state index in [0.29, 0.717) is 11.7 Å². The smallest absolute Gasteiger partial charge is 0.191 e. The van der Waals surface area contributed by atoms with Crippen molar-refractivity contribution in [2.75, 3.05) is 25.4 Å². The van der Waals surface area contributed by atoms with E-state index in [0.717, 1.165) is 23.9 Å². The Morgan fingerprint density at radius 1 is 1.29 bits per heavy atom. The molecule has 0 amide bonds. The van der Waals surface area contributed by atoms with Crippen LogP contribution in [0, 0.1) is 0 Å². The lowest BCUT2D eigenvalue weighted by atomic mass is 10.3. The number of aliphatic hydroxyl groups excluding tert-OH is 1. The zero-order valence-corrected chi connectivity index (χ0v) is 15.1. The van der Waals surface area contributed by atoms with Crippen molar-refractivity contribution in [2.24, 2.45) is 4.99 Å². The van der Waals surface area contributed by atoms with Gasteiger partial charge in [-0.15, -0.1) is 11.8 Å². The van der Waals surface area contributed by atoms with Gasteiger partial charge in [-0.3, -0.25) is 4.99 Å². The molecule has 0 aliphatic carbocycles. The second kappa shape index (κ2) is 10.3. The van der Waals surface area contributed by atoms with Gasteiger partial charge in [-0.1, -0.05) is 11.6 Å². The van der Waals surface area contributed by atoms with Gasteiger partial charge in [-0.25, -0.2) is 0 Å². The van der Waals surface area contributed by atoms with Crippen molar-refractivity contribution in [3.8, 4) is 0 Å². The Labute approximate surface area is 151 Å². The van der Waals surface area contributed by atoms with E-state index in [-0.39, 0.29) is 6.54 Å². The van der Waals surface area contributed by atoms with Gasteiger partial charge in [-0.2, -0.15) is 0 Å². The largest absolute Gasteiger partial charge is 0.467 e. The first-order valence-corrected chi connectivity index (χ1v) is 9.17. The molecule has 7 heteroatoms. The average Bonchev–Trinajstić information content (AvgIpc) is 3.12. The molecule has 24 heavy (non-hydrogen) atoms. The molecule has 0 fully saturated rings. The number of guanidine groups is 1. The van der Waals surface area contributed by atoms with Crippen molar-refractivity contribution in [2.45, 2.75) is 17.9 Å². The topological polar surface area (TPSA) is 69.8 Å². The highest BCUT2D eigenvalue weighted by Gasteiger charge is 2.09. The molecule has 2 rings (SSSR count). The number of nitrogens with zero attached hydrogens (tertiary/aromatic N) is 1. The van der Waals surface area contributed by atoms with Gasteiger partial charge in [0, 0.05) is 28.8 Å². The molecular formula is C17H22ClN3O2S. The van der Waals surface area contributed by atoms with Crippen LogP contribution in [-0.4, -0.2) is 36.5 Å².